The monoisotopic (exact) mass is 250 g/mol. The van der Waals surface area contributed by atoms with E-state index in [0.717, 1.165) is 11.0 Å². The van der Waals surface area contributed by atoms with E-state index in [-0.39, 0.29) is 10.3 Å². The van der Waals surface area contributed by atoms with Crippen molar-refractivity contribution in [3.05, 3.63) is 34.6 Å². The second kappa shape index (κ2) is 3.50. The number of nitrogens with zero attached hydrogens (tertiary/aromatic N) is 4. The first kappa shape index (κ1) is 9.69. The summed E-state index contributed by atoms with van der Waals surface area (Å²) in [6.45, 7) is 0. The third kappa shape index (κ3) is 1.47. The Balaban J connectivity index is 2.46. The number of para-hydroxylation sites is 2. The zero-order valence-electron chi connectivity index (χ0n) is 7.85. The number of hydrogen-bond acceptors (Lipinski definition) is 4. The van der Waals surface area contributed by atoms with Gasteiger partial charge in [0.15, 0.2) is 21.6 Å². The Hall–Kier alpha value is -1.52. The predicted octanol–water partition coefficient (Wildman–Crippen LogP) is 2.88. The summed E-state index contributed by atoms with van der Waals surface area (Å²) in [6, 6.07) is 7.47. The second-order valence-corrected chi connectivity index (χ2v) is 3.88. The first-order valence-corrected chi connectivity index (χ1v) is 5.25. The van der Waals surface area contributed by atoms with Gasteiger partial charge in [0.1, 0.15) is 0 Å². The molecule has 2 heterocycles. The zero-order chi connectivity index (χ0) is 11.1. The van der Waals surface area contributed by atoms with Gasteiger partial charge in [0, 0.05) is 0 Å². The Morgan fingerprint density at radius 3 is 1.56 bits per heavy atom. The summed E-state index contributed by atoms with van der Waals surface area (Å²) in [5, 5.41) is 0.275. The molecule has 0 aliphatic heterocycles. The highest BCUT2D eigenvalue weighted by atomic mass is 35.5. The molecule has 0 spiro atoms. The van der Waals surface area contributed by atoms with Crippen molar-refractivity contribution in [1.82, 2.24) is 19.9 Å². The van der Waals surface area contributed by atoms with Gasteiger partial charge in [-0.15, -0.1) is 0 Å². The lowest BCUT2D eigenvalue weighted by molar-refractivity contribution is 1.20. The summed E-state index contributed by atoms with van der Waals surface area (Å²) in [6.07, 6.45) is 0. The van der Waals surface area contributed by atoms with Gasteiger partial charge in [-0.2, -0.15) is 0 Å². The Labute approximate surface area is 100 Å². The van der Waals surface area contributed by atoms with E-state index in [0.29, 0.717) is 11.3 Å². The van der Waals surface area contributed by atoms with Crippen molar-refractivity contribution in [2.45, 2.75) is 0 Å². The summed E-state index contributed by atoms with van der Waals surface area (Å²) in [5.74, 6) is 0. The van der Waals surface area contributed by atoms with Crippen LogP contribution in [-0.4, -0.2) is 19.9 Å². The summed E-state index contributed by atoms with van der Waals surface area (Å²) < 4.78 is 0. The van der Waals surface area contributed by atoms with Crippen molar-refractivity contribution in [1.29, 1.82) is 0 Å². The van der Waals surface area contributed by atoms with Crippen molar-refractivity contribution in [2.24, 2.45) is 0 Å². The Morgan fingerprint density at radius 1 is 0.688 bits per heavy atom. The molecule has 78 valence electrons. The van der Waals surface area contributed by atoms with Crippen molar-refractivity contribution in [3.63, 3.8) is 0 Å². The maximum atomic E-state index is 5.77. The maximum absolute atomic E-state index is 5.77. The van der Waals surface area contributed by atoms with Crippen LogP contribution in [0, 0.1) is 0 Å². The summed E-state index contributed by atoms with van der Waals surface area (Å²) in [4.78, 5) is 16.6. The van der Waals surface area contributed by atoms with Crippen molar-refractivity contribution >= 4 is 45.5 Å². The molecule has 2 aromatic heterocycles. The molecule has 0 N–H and O–H groups in total. The molecular formula is C10H4Cl2N4. The van der Waals surface area contributed by atoms with Crippen LogP contribution >= 0.6 is 23.2 Å². The number of hydrogen-bond donors (Lipinski definition) is 0. The van der Waals surface area contributed by atoms with Crippen LogP contribution in [0.4, 0.5) is 0 Å². The fourth-order valence-electron chi connectivity index (χ4n) is 1.41. The van der Waals surface area contributed by atoms with E-state index in [2.05, 4.69) is 19.9 Å². The van der Waals surface area contributed by atoms with Crippen LogP contribution in [0.2, 0.25) is 10.3 Å². The van der Waals surface area contributed by atoms with Gasteiger partial charge in [0.05, 0.1) is 11.0 Å². The lowest BCUT2D eigenvalue weighted by atomic mass is 10.3. The molecule has 6 heteroatoms. The Kier molecular flexibility index (Phi) is 2.12. The third-order valence-electron chi connectivity index (χ3n) is 2.11. The van der Waals surface area contributed by atoms with Gasteiger partial charge in [-0.25, -0.2) is 19.9 Å². The molecular weight excluding hydrogens is 247 g/mol. The van der Waals surface area contributed by atoms with Gasteiger partial charge in [-0.1, -0.05) is 35.3 Å². The minimum Gasteiger partial charge on any atom is -0.224 e. The fraction of sp³-hybridized carbons (Fsp3) is 0. The second-order valence-electron chi connectivity index (χ2n) is 3.16. The molecule has 3 rings (SSSR count). The van der Waals surface area contributed by atoms with Crippen LogP contribution in [0.25, 0.3) is 22.3 Å². The normalized spacial score (nSPS) is 11.1. The molecule has 0 saturated carbocycles. The van der Waals surface area contributed by atoms with Crippen LogP contribution in [0.1, 0.15) is 0 Å². The smallest absolute Gasteiger partial charge is 0.199 e. The van der Waals surface area contributed by atoms with Crippen LogP contribution in [0.3, 0.4) is 0 Å². The van der Waals surface area contributed by atoms with Gasteiger partial charge >= 0.3 is 0 Å². The number of benzene rings is 1. The highest BCUT2D eigenvalue weighted by Gasteiger charge is 2.07. The zero-order valence-corrected chi connectivity index (χ0v) is 9.37. The Bertz CT molecular complexity index is 639. The molecule has 3 aromatic rings. The minimum atomic E-state index is 0.138. The van der Waals surface area contributed by atoms with Crippen LogP contribution in [0.15, 0.2) is 24.3 Å². The van der Waals surface area contributed by atoms with Crippen LogP contribution in [0.5, 0.6) is 0 Å². The van der Waals surface area contributed by atoms with E-state index < -0.39 is 0 Å². The minimum absolute atomic E-state index is 0.138. The standard InChI is InChI=1S/C10H4Cl2N4/c11-7-8(12)16-10-9(15-7)13-5-3-1-2-4-6(5)14-10/h1-4H. The number of fused-ring (bicyclic) bond motifs is 2. The van der Waals surface area contributed by atoms with E-state index in [1.54, 1.807) is 0 Å². The van der Waals surface area contributed by atoms with Crippen LogP contribution in [-0.2, 0) is 0 Å². The molecule has 0 saturated heterocycles. The lowest BCUT2D eigenvalue weighted by Crippen LogP contribution is -1.94. The number of halogens is 2. The number of aromatic nitrogens is 4. The molecule has 0 bridgehead atoms. The summed E-state index contributed by atoms with van der Waals surface area (Å²) >= 11 is 11.5. The van der Waals surface area contributed by atoms with Crippen molar-refractivity contribution in [3.8, 4) is 0 Å². The quantitative estimate of drug-likeness (QED) is 0.576. The fourth-order valence-corrected chi connectivity index (χ4v) is 1.65. The van der Waals surface area contributed by atoms with E-state index in [1.807, 2.05) is 24.3 Å². The van der Waals surface area contributed by atoms with E-state index in [4.69, 9.17) is 23.2 Å². The molecule has 0 fully saturated rings. The lowest BCUT2D eigenvalue weighted by Gasteiger charge is -2.00. The topological polar surface area (TPSA) is 51.6 Å². The molecule has 0 aliphatic carbocycles. The van der Waals surface area contributed by atoms with E-state index in [9.17, 15) is 0 Å². The molecule has 4 nitrogen and oxygen atoms in total. The molecule has 16 heavy (non-hydrogen) atoms. The first-order valence-electron chi connectivity index (χ1n) is 4.49. The summed E-state index contributed by atoms with van der Waals surface area (Å²) in [7, 11) is 0. The van der Waals surface area contributed by atoms with E-state index >= 15 is 0 Å². The van der Waals surface area contributed by atoms with Gasteiger partial charge < -0.3 is 0 Å². The van der Waals surface area contributed by atoms with Crippen molar-refractivity contribution in [2.75, 3.05) is 0 Å². The van der Waals surface area contributed by atoms with Gasteiger partial charge in [0.25, 0.3) is 0 Å². The Morgan fingerprint density at radius 2 is 1.12 bits per heavy atom. The average molecular weight is 251 g/mol. The molecule has 0 amide bonds. The molecule has 0 aliphatic rings. The average Bonchev–Trinajstić information content (AvgIpc) is 2.28. The van der Waals surface area contributed by atoms with Crippen molar-refractivity contribution < 1.29 is 0 Å². The van der Waals surface area contributed by atoms with Gasteiger partial charge in [0.2, 0.25) is 0 Å². The molecule has 0 atom stereocenters. The van der Waals surface area contributed by atoms with E-state index in [1.165, 1.54) is 0 Å². The first-order chi connectivity index (χ1) is 7.74. The third-order valence-corrected chi connectivity index (χ3v) is 2.74. The number of rotatable bonds is 0. The van der Waals surface area contributed by atoms with Gasteiger partial charge in [-0.05, 0) is 12.1 Å². The highest BCUT2D eigenvalue weighted by molar-refractivity contribution is 6.40. The predicted molar refractivity (Wildman–Crippen MR) is 62.7 cm³/mol. The maximum Gasteiger partial charge on any atom is 0.199 e. The largest absolute Gasteiger partial charge is 0.224 e. The molecule has 0 radical (unpaired) electrons. The van der Waals surface area contributed by atoms with Gasteiger partial charge in [-0.3, -0.25) is 0 Å². The van der Waals surface area contributed by atoms with Crippen LogP contribution < -0.4 is 0 Å². The molecule has 0 unspecified atom stereocenters. The summed E-state index contributed by atoms with van der Waals surface area (Å²) in [5.41, 5.74) is 2.30. The SMILES string of the molecule is Clc1nc2nc3ccccc3nc2nc1Cl. The molecule has 1 aromatic carbocycles. The highest BCUT2D eigenvalue weighted by Crippen LogP contribution is 2.20.